The van der Waals surface area contributed by atoms with Crippen LogP contribution in [0.4, 0.5) is 10.6 Å². The Bertz CT molecular complexity index is 633. The van der Waals surface area contributed by atoms with Gasteiger partial charge in [-0.15, -0.1) is 0 Å². The summed E-state index contributed by atoms with van der Waals surface area (Å²) in [5.74, 6) is 0.153. The third-order valence-electron chi connectivity index (χ3n) is 3.40. The van der Waals surface area contributed by atoms with E-state index in [4.69, 9.17) is 14.6 Å². The van der Waals surface area contributed by atoms with Crippen LogP contribution in [0.15, 0.2) is 17.1 Å². The van der Waals surface area contributed by atoms with Crippen LogP contribution in [0.25, 0.3) is 0 Å². The molecule has 1 aliphatic rings. The number of carbonyl (C=O) groups excluding carboxylic acids is 1. The molecule has 0 spiro atoms. The number of aromatic nitrogens is 2. The van der Waals surface area contributed by atoms with E-state index in [1.54, 1.807) is 0 Å². The SMILES string of the molecule is CC(C)COC(=O)Nc1ccn([C@@H]2O[C@H](CO)[C@@H](O)[C@@H]2O)c(=O)n1. The van der Waals surface area contributed by atoms with Crippen LogP contribution in [-0.2, 0) is 9.47 Å². The molecule has 10 nitrogen and oxygen atoms in total. The minimum Gasteiger partial charge on any atom is -0.449 e. The van der Waals surface area contributed by atoms with Gasteiger partial charge in [0.1, 0.15) is 24.1 Å². The first-order valence-corrected chi connectivity index (χ1v) is 7.49. The molecule has 1 amide bonds. The maximum absolute atomic E-state index is 12.0. The molecule has 10 heteroatoms. The molecule has 134 valence electrons. The van der Waals surface area contributed by atoms with E-state index in [0.717, 1.165) is 4.57 Å². The zero-order chi connectivity index (χ0) is 17.9. The molecule has 2 heterocycles. The lowest BCUT2D eigenvalue weighted by atomic mass is 10.1. The van der Waals surface area contributed by atoms with E-state index in [2.05, 4.69) is 10.3 Å². The standard InChI is InChI=1S/C14H21N3O7/c1-7(2)6-23-14(22)16-9-3-4-17(13(21)15-9)12-11(20)10(19)8(5-18)24-12/h3-4,7-8,10-12,18-20H,5-6H2,1-2H3,(H,15,16,21,22)/t8-,10-,11+,12-/m1/s1. The van der Waals surface area contributed by atoms with Gasteiger partial charge in [0.25, 0.3) is 0 Å². The van der Waals surface area contributed by atoms with E-state index in [1.807, 2.05) is 13.8 Å². The molecule has 1 aromatic rings. The normalized spacial score (nSPS) is 26.6. The second-order valence-corrected chi connectivity index (χ2v) is 5.85. The Balaban J connectivity index is 2.08. The largest absolute Gasteiger partial charge is 0.449 e. The van der Waals surface area contributed by atoms with Crippen LogP contribution in [0.2, 0.25) is 0 Å². The third-order valence-corrected chi connectivity index (χ3v) is 3.40. The van der Waals surface area contributed by atoms with E-state index in [0.29, 0.717) is 0 Å². The molecule has 1 aromatic heterocycles. The summed E-state index contributed by atoms with van der Waals surface area (Å²) in [7, 11) is 0. The number of amides is 1. The highest BCUT2D eigenvalue weighted by Gasteiger charge is 2.43. The zero-order valence-corrected chi connectivity index (χ0v) is 13.3. The van der Waals surface area contributed by atoms with Gasteiger partial charge in [-0.1, -0.05) is 13.8 Å². The van der Waals surface area contributed by atoms with Crippen molar-refractivity contribution in [3.63, 3.8) is 0 Å². The van der Waals surface area contributed by atoms with E-state index < -0.39 is 42.9 Å². The molecule has 1 saturated heterocycles. The van der Waals surface area contributed by atoms with Crippen LogP contribution < -0.4 is 11.0 Å². The highest BCUT2D eigenvalue weighted by atomic mass is 16.6. The number of aliphatic hydroxyl groups is 3. The Hall–Kier alpha value is -2.01. The summed E-state index contributed by atoms with van der Waals surface area (Å²) >= 11 is 0. The maximum atomic E-state index is 12.0. The second kappa shape index (κ2) is 7.71. The van der Waals surface area contributed by atoms with Crippen LogP contribution in [0, 0.1) is 5.92 Å². The van der Waals surface area contributed by atoms with Crippen molar-refractivity contribution in [2.75, 3.05) is 18.5 Å². The van der Waals surface area contributed by atoms with Crippen LogP contribution >= 0.6 is 0 Å². The number of ether oxygens (including phenoxy) is 2. The molecule has 0 bridgehead atoms. The van der Waals surface area contributed by atoms with Gasteiger partial charge in [-0.25, -0.2) is 9.59 Å². The summed E-state index contributed by atoms with van der Waals surface area (Å²) < 4.78 is 11.1. The first kappa shape index (κ1) is 18.3. The summed E-state index contributed by atoms with van der Waals surface area (Å²) in [4.78, 5) is 27.2. The summed E-state index contributed by atoms with van der Waals surface area (Å²) in [5, 5.41) is 31.0. The Morgan fingerprint density at radius 1 is 1.46 bits per heavy atom. The smallest absolute Gasteiger partial charge is 0.412 e. The van der Waals surface area contributed by atoms with Crippen molar-refractivity contribution in [1.82, 2.24) is 9.55 Å². The molecular formula is C14H21N3O7. The Labute approximate surface area is 137 Å². The highest BCUT2D eigenvalue weighted by Crippen LogP contribution is 2.28. The van der Waals surface area contributed by atoms with Gasteiger partial charge in [0.15, 0.2) is 6.23 Å². The molecule has 0 aromatic carbocycles. The maximum Gasteiger partial charge on any atom is 0.412 e. The minimum atomic E-state index is -1.39. The molecular weight excluding hydrogens is 322 g/mol. The number of hydrogen-bond acceptors (Lipinski definition) is 8. The predicted molar refractivity (Wildman–Crippen MR) is 81.3 cm³/mol. The topological polar surface area (TPSA) is 143 Å². The van der Waals surface area contributed by atoms with Gasteiger partial charge in [-0.3, -0.25) is 9.88 Å². The van der Waals surface area contributed by atoms with Crippen molar-refractivity contribution in [2.45, 2.75) is 38.4 Å². The fraction of sp³-hybridized carbons (Fsp3) is 0.643. The van der Waals surface area contributed by atoms with Crippen LogP contribution in [0.3, 0.4) is 0 Å². The van der Waals surface area contributed by atoms with E-state index in [9.17, 15) is 19.8 Å². The summed E-state index contributed by atoms with van der Waals surface area (Å²) in [6, 6.07) is 1.33. The third kappa shape index (κ3) is 4.09. The molecule has 0 aliphatic carbocycles. The molecule has 1 aliphatic heterocycles. The molecule has 4 N–H and O–H groups in total. The van der Waals surface area contributed by atoms with E-state index in [-0.39, 0.29) is 18.3 Å². The van der Waals surface area contributed by atoms with Crippen molar-refractivity contribution in [3.05, 3.63) is 22.7 Å². The quantitative estimate of drug-likeness (QED) is 0.536. The molecule has 24 heavy (non-hydrogen) atoms. The summed E-state index contributed by atoms with van der Waals surface area (Å²) in [6.45, 7) is 3.49. The molecule has 4 atom stereocenters. The van der Waals surface area contributed by atoms with Gasteiger partial charge in [0.2, 0.25) is 0 Å². The molecule has 2 rings (SSSR count). The first-order valence-electron chi connectivity index (χ1n) is 7.49. The number of rotatable bonds is 5. The summed E-state index contributed by atoms with van der Waals surface area (Å²) in [5.41, 5.74) is -0.800. The highest BCUT2D eigenvalue weighted by molar-refractivity contribution is 5.83. The Kier molecular flexibility index (Phi) is 5.89. The fourth-order valence-electron chi connectivity index (χ4n) is 2.17. The van der Waals surface area contributed by atoms with Gasteiger partial charge >= 0.3 is 11.8 Å². The van der Waals surface area contributed by atoms with Crippen LogP contribution in [0.5, 0.6) is 0 Å². The molecule has 1 fully saturated rings. The van der Waals surface area contributed by atoms with Crippen molar-refractivity contribution in [1.29, 1.82) is 0 Å². The van der Waals surface area contributed by atoms with Crippen molar-refractivity contribution < 1.29 is 29.6 Å². The zero-order valence-electron chi connectivity index (χ0n) is 13.3. The van der Waals surface area contributed by atoms with Crippen LogP contribution in [0.1, 0.15) is 20.1 Å². The number of nitrogens with one attached hydrogen (secondary N) is 1. The molecule has 0 saturated carbocycles. The van der Waals surface area contributed by atoms with Gasteiger partial charge in [-0.05, 0) is 12.0 Å². The number of carbonyl (C=O) groups is 1. The number of aliphatic hydroxyl groups excluding tert-OH is 3. The molecule has 0 radical (unpaired) electrons. The van der Waals surface area contributed by atoms with Gasteiger partial charge in [0.05, 0.1) is 13.2 Å². The van der Waals surface area contributed by atoms with Crippen molar-refractivity contribution >= 4 is 11.9 Å². The number of anilines is 1. The van der Waals surface area contributed by atoms with Gasteiger partial charge in [-0.2, -0.15) is 4.98 Å². The Morgan fingerprint density at radius 2 is 2.17 bits per heavy atom. The van der Waals surface area contributed by atoms with E-state index >= 15 is 0 Å². The first-order chi connectivity index (χ1) is 11.3. The van der Waals surface area contributed by atoms with Gasteiger partial charge < -0.3 is 24.8 Å². The second-order valence-electron chi connectivity index (χ2n) is 5.85. The lowest BCUT2D eigenvalue weighted by Crippen LogP contribution is -2.36. The Morgan fingerprint density at radius 3 is 2.71 bits per heavy atom. The lowest BCUT2D eigenvalue weighted by Gasteiger charge is -2.17. The predicted octanol–water partition coefficient (Wildman–Crippen LogP) is -0.941. The fourth-order valence-corrected chi connectivity index (χ4v) is 2.17. The average Bonchev–Trinajstić information content (AvgIpc) is 2.81. The average molecular weight is 343 g/mol. The van der Waals surface area contributed by atoms with Crippen molar-refractivity contribution in [3.8, 4) is 0 Å². The molecule has 0 unspecified atom stereocenters. The minimum absolute atomic E-state index is 0.0169. The van der Waals surface area contributed by atoms with Crippen LogP contribution in [-0.4, -0.2) is 62.5 Å². The van der Waals surface area contributed by atoms with Crippen molar-refractivity contribution in [2.24, 2.45) is 5.92 Å². The number of hydrogen-bond donors (Lipinski definition) is 4. The van der Waals surface area contributed by atoms with Gasteiger partial charge in [0, 0.05) is 6.20 Å². The number of nitrogens with zero attached hydrogens (tertiary/aromatic N) is 2. The monoisotopic (exact) mass is 343 g/mol. The van der Waals surface area contributed by atoms with E-state index in [1.165, 1.54) is 12.3 Å². The lowest BCUT2D eigenvalue weighted by molar-refractivity contribution is -0.0549. The summed E-state index contributed by atoms with van der Waals surface area (Å²) in [6.07, 6.45) is -4.37.